The molecule has 2 aromatic rings. The second-order valence-corrected chi connectivity index (χ2v) is 5.67. The van der Waals surface area contributed by atoms with Crippen molar-refractivity contribution < 1.29 is 0 Å². The lowest BCUT2D eigenvalue weighted by atomic mass is 10.2. The summed E-state index contributed by atoms with van der Waals surface area (Å²) in [6.07, 6.45) is 6.56. The van der Waals surface area contributed by atoms with E-state index in [0.717, 1.165) is 21.8 Å². The Kier molecular flexibility index (Phi) is 3.15. The number of benzene rings is 1. The van der Waals surface area contributed by atoms with Gasteiger partial charge in [0.05, 0.1) is 15.5 Å². The van der Waals surface area contributed by atoms with Gasteiger partial charge in [0.25, 0.3) is 0 Å². The Morgan fingerprint density at radius 3 is 2.65 bits per heavy atom. The first-order valence-electron chi connectivity index (χ1n) is 5.84. The number of hydrogen-bond acceptors (Lipinski definition) is 2. The monoisotopic (exact) mass is 339 g/mol. The topological polar surface area (TPSA) is 29.9 Å². The lowest BCUT2D eigenvalue weighted by Crippen LogP contribution is -2.15. The first-order valence-corrected chi connectivity index (χ1v) is 6.92. The molecule has 0 atom stereocenters. The predicted molar refractivity (Wildman–Crippen MR) is 76.1 cm³/mol. The van der Waals surface area contributed by atoms with E-state index in [0.29, 0.717) is 0 Å². The molecule has 0 saturated heterocycles. The van der Waals surface area contributed by atoms with Crippen LogP contribution in [0.15, 0.2) is 36.7 Å². The van der Waals surface area contributed by atoms with Crippen molar-refractivity contribution in [3.8, 4) is 5.69 Å². The Bertz CT molecular complexity index is 500. The van der Waals surface area contributed by atoms with Gasteiger partial charge in [-0.25, -0.2) is 4.68 Å². The van der Waals surface area contributed by atoms with E-state index in [1.165, 1.54) is 18.4 Å². The molecule has 1 aliphatic rings. The SMILES string of the molecule is Ic1cnn(-c2ccc(CNC3CC3)cc2)c1. The standard InChI is InChI=1S/C13H14IN3/c14-11-8-16-17(9-11)13-5-1-10(2-6-13)7-15-12-3-4-12/h1-2,5-6,8-9,12,15H,3-4,7H2. The van der Waals surface area contributed by atoms with Crippen molar-refractivity contribution in [1.82, 2.24) is 15.1 Å². The first-order chi connectivity index (χ1) is 8.31. The second kappa shape index (κ2) is 4.78. The van der Waals surface area contributed by atoms with Crippen molar-refractivity contribution in [2.24, 2.45) is 0 Å². The summed E-state index contributed by atoms with van der Waals surface area (Å²) in [4.78, 5) is 0. The van der Waals surface area contributed by atoms with E-state index >= 15 is 0 Å². The molecule has 0 amide bonds. The van der Waals surface area contributed by atoms with Gasteiger partial charge in [-0.2, -0.15) is 5.10 Å². The largest absolute Gasteiger partial charge is 0.310 e. The quantitative estimate of drug-likeness (QED) is 0.868. The molecule has 0 aliphatic heterocycles. The summed E-state index contributed by atoms with van der Waals surface area (Å²) < 4.78 is 3.06. The van der Waals surface area contributed by atoms with E-state index in [-0.39, 0.29) is 0 Å². The molecule has 0 bridgehead atoms. The van der Waals surface area contributed by atoms with Crippen LogP contribution in [0.25, 0.3) is 5.69 Å². The number of nitrogens with zero attached hydrogens (tertiary/aromatic N) is 2. The summed E-state index contributed by atoms with van der Waals surface area (Å²) in [7, 11) is 0. The fourth-order valence-corrected chi connectivity index (χ4v) is 2.15. The van der Waals surface area contributed by atoms with Crippen LogP contribution in [0, 0.1) is 3.57 Å². The Balaban J connectivity index is 1.70. The van der Waals surface area contributed by atoms with Gasteiger partial charge in [0.2, 0.25) is 0 Å². The normalized spacial score (nSPS) is 15.1. The third-order valence-electron chi connectivity index (χ3n) is 2.92. The molecule has 1 fully saturated rings. The van der Waals surface area contributed by atoms with Gasteiger partial charge in [0.1, 0.15) is 0 Å². The summed E-state index contributed by atoms with van der Waals surface area (Å²) in [5.41, 5.74) is 2.45. The minimum atomic E-state index is 0.766. The van der Waals surface area contributed by atoms with Crippen molar-refractivity contribution in [2.75, 3.05) is 0 Å². The van der Waals surface area contributed by atoms with Crippen molar-refractivity contribution in [2.45, 2.75) is 25.4 Å². The molecule has 1 saturated carbocycles. The number of rotatable bonds is 4. The van der Waals surface area contributed by atoms with E-state index in [9.17, 15) is 0 Å². The molecule has 3 nitrogen and oxygen atoms in total. The van der Waals surface area contributed by atoms with Crippen LogP contribution in [0.1, 0.15) is 18.4 Å². The number of aromatic nitrogens is 2. The van der Waals surface area contributed by atoms with Gasteiger partial charge >= 0.3 is 0 Å². The van der Waals surface area contributed by atoms with Crippen LogP contribution >= 0.6 is 22.6 Å². The van der Waals surface area contributed by atoms with E-state index in [2.05, 4.69) is 57.3 Å². The van der Waals surface area contributed by atoms with Crippen LogP contribution < -0.4 is 5.32 Å². The number of nitrogens with one attached hydrogen (secondary N) is 1. The fraction of sp³-hybridized carbons (Fsp3) is 0.308. The molecular weight excluding hydrogens is 325 g/mol. The van der Waals surface area contributed by atoms with Crippen molar-refractivity contribution in [3.05, 3.63) is 45.8 Å². The Morgan fingerprint density at radius 1 is 1.29 bits per heavy atom. The van der Waals surface area contributed by atoms with E-state index in [1.54, 1.807) is 0 Å². The highest BCUT2D eigenvalue weighted by molar-refractivity contribution is 14.1. The van der Waals surface area contributed by atoms with Crippen molar-refractivity contribution in [3.63, 3.8) is 0 Å². The molecule has 0 unspecified atom stereocenters. The summed E-state index contributed by atoms with van der Waals surface area (Å²) in [6.45, 7) is 0.974. The van der Waals surface area contributed by atoms with Crippen LogP contribution in [0.3, 0.4) is 0 Å². The number of halogens is 1. The maximum absolute atomic E-state index is 4.29. The van der Waals surface area contributed by atoms with E-state index < -0.39 is 0 Å². The molecule has 1 aromatic carbocycles. The third kappa shape index (κ3) is 2.87. The van der Waals surface area contributed by atoms with Gasteiger partial charge in [-0.15, -0.1) is 0 Å². The van der Waals surface area contributed by atoms with Crippen LogP contribution in [0.4, 0.5) is 0 Å². The maximum Gasteiger partial charge on any atom is 0.0646 e. The predicted octanol–water partition coefficient (Wildman–Crippen LogP) is 2.73. The molecular formula is C13H14IN3. The number of hydrogen-bond donors (Lipinski definition) is 1. The first kappa shape index (κ1) is 11.2. The van der Waals surface area contributed by atoms with Crippen LogP contribution in [0.5, 0.6) is 0 Å². The highest BCUT2D eigenvalue weighted by Gasteiger charge is 2.19. The summed E-state index contributed by atoms with van der Waals surface area (Å²) in [6, 6.07) is 9.33. The summed E-state index contributed by atoms with van der Waals surface area (Å²) in [5, 5.41) is 7.81. The lowest BCUT2D eigenvalue weighted by Gasteiger charge is -2.05. The fourth-order valence-electron chi connectivity index (χ4n) is 1.76. The average molecular weight is 339 g/mol. The molecule has 17 heavy (non-hydrogen) atoms. The van der Waals surface area contributed by atoms with Crippen LogP contribution in [0.2, 0.25) is 0 Å². The smallest absolute Gasteiger partial charge is 0.0646 e. The molecule has 3 rings (SSSR count). The zero-order chi connectivity index (χ0) is 11.7. The van der Waals surface area contributed by atoms with Crippen molar-refractivity contribution in [1.29, 1.82) is 0 Å². The Hall–Kier alpha value is -0.880. The van der Waals surface area contributed by atoms with Gasteiger partial charge in [-0.1, -0.05) is 12.1 Å². The Morgan fingerprint density at radius 2 is 2.06 bits per heavy atom. The Labute approximate surface area is 114 Å². The van der Waals surface area contributed by atoms with Gasteiger partial charge in [0, 0.05) is 18.8 Å². The van der Waals surface area contributed by atoms with E-state index in [4.69, 9.17) is 0 Å². The molecule has 1 aliphatic carbocycles. The maximum atomic E-state index is 4.29. The molecule has 88 valence electrons. The molecule has 0 spiro atoms. The molecule has 1 heterocycles. The highest BCUT2D eigenvalue weighted by Crippen LogP contribution is 2.19. The van der Waals surface area contributed by atoms with Crippen LogP contribution in [-0.2, 0) is 6.54 Å². The lowest BCUT2D eigenvalue weighted by molar-refractivity contribution is 0.687. The van der Waals surface area contributed by atoms with Gasteiger partial charge in [-0.3, -0.25) is 0 Å². The molecule has 0 radical (unpaired) electrons. The molecule has 4 heteroatoms. The molecule has 1 aromatic heterocycles. The van der Waals surface area contributed by atoms with Crippen molar-refractivity contribution >= 4 is 22.6 Å². The van der Waals surface area contributed by atoms with Crippen LogP contribution in [-0.4, -0.2) is 15.8 Å². The summed E-state index contributed by atoms with van der Waals surface area (Å²) in [5.74, 6) is 0. The zero-order valence-corrected chi connectivity index (χ0v) is 11.6. The highest BCUT2D eigenvalue weighted by atomic mass is 127. The van der Waals surface area contributed by atoms with E-state index in [1.807, 2.05) is 17.1 Å². The summed E-state index contributed by atoms with van der Waals surface area (Å²) >= 11 is 2.27. The van der Waals surface area contributed by atoms with Gasteiger partial charge in [-0.05, 0) is 53.1 Å². The minimum absolute atomic E-state index is 0.766. The second-order valence-electron chi connectivity index (χ2n) is 4.42. The third-order valence-corrected chi connectivity index (χ3v) is 3.48. The zero-order valence-electron chi connectivity index (χ0n) is 9.44. The average Bonchev–Trinajstić information content (AvgIpc) is 3.09. The molecule has 1 N–H and O–H groups in total. The minimum Gasteiger partial charge on any atom is -0.310 e. The van der Waals surface area contributed by atoms with Gasteiger partial charge < -0.3 is 5.32 Å². The van der Waals surface area contributed by atoms with Gasteiger partial charge in [0.15, 0.2) is 0 Å².